The van der Waals surface area contributed by atoms with Gasteiger partial charge in [-0.15, -0.1) is 0 Å². The molecule has 1 aliphatic rings. The molecule has 1 aromatic rings. The van der Waals surface area contributed by atoms with Crippen LogP contribution in [0.25, 0.3) is 0 Å². The first-order valence-corrected chi connectivity index (χ1v) is 12.1. The molecule has 1 aromatic carbocycles. The van der Waals surface area contributed by atoms with Crippen LogP contribution in [0, 0.1) is 6.92 Å². The van der Waals surface area contributed by atoms with E-state index in [-0.39, 0.29) is 16.7 Å². The van der Waals surface area contributed by atoms with Crippen molar-refractivity contribution in [2.45, 2.75) is 39.0 Å². The molecule has 1 heterocycles. The number of amides is 2. The Labute approximate surface area is 180 Å². The zero-order chi connectivity index (χ0) is 22.3. The Kier molecular flexibility index (Phi) is 8.81. The van der Waals surface area contributed by atoms with Gasteiger partial charge in [-0.2, -0.15) is 4.31 Å². The minimum absolute atomic E-state index is 0.00165. The molecule has 30 heavy (non-hydrogen) atoms. The molecule has 1 fully saturated rings. The first-order chi connectivity index (χ1) is 14.2. The topological polar surface area (TPSA) is 90.0 Å². The summed E-state index contributed by atoms with van der Waals surface area (Å²) in [5.74, 6) is -0.166. The second-order valence-electron chi connectivity index (χ2n) is 7.48. The summed E-state index contributed by atoms with van der Waals surface area (Å²) in [6.07, 6.45) is 0.899. The highest BCUT2D eigenvalue weighted by atomic mass is 32.2. The number of carbonyl (C=O) groups is 2. The van der Waals surface area contributed by atoms with Crippen molar-refractivity contribution in [3.8, 4) is 0 Å². The predicted molar refractivity (Wildman–Crippen MR) is 117 cm³/mol. The zero-order valence-corrected chi connectivity index (χ0v) is 19.3. The van der Waals surface area contributed by atoms with Crippen LogP contribution in [-0.4, -0.2) is 86.7 Å². The second kappa shape index (κ2) is 10.9. The lowest BCUT2D eigenvalue weighted by Gasteiger charge is -2.34. The molecule has 0 radical (unpaired) electrons. The molecular formula is C21H34N4O4S. The van der Waals surface area contributed by atoms with E-state index in [9.17, 15) is 18.0 Å². The van der Waals surface area contributed by atoms with Crippen LogP contribution >= 0.6 is 0 Å². The molecule has 2 amide bonds. The lowest BCUT2D eigenvalue weighted by Crippen LogP contribution is -2.51. The summed E-state index contributed by atoms with van der Waals surface area (Å²) in [6.45, 7) is 11.4. The molecule has 0 spiro atoms. The molecule has 0 aliphatic carbocycles. The fourth-order valence-corrected chi connectivity index (χ4v) is 4.99. The Balaban J connectivity index is 2.08. The number of rotatable bonds is 9. The Hall–Kier alpha value is -1.97. The van der Waals surface area contributed by atoms with Crippen LogP contribution in [0.1, 0.15) is 43.1 Å². The lowest BCUT2D eigenvalue weighted by molar-refractivity contribution is -0.122. The molecule has 2 rings (SSSR count). The first-order valence-electron chi connectivity index (χ1n) is 10.6. The van der Waals surface area contributed by atoms with Crippen molar-refractivity contribution in [2.75, 3.05) is 52.4 Å². The van der Waals surface area contributed by atoms with E-state index in [4.69, 9.17) is 0 Å². The molecule has 0 unspecified atom stereocenters. The highest BCUT2D eigenvalue weighted by Gasteiger charge is 2.27. The molecule has 0 saturated carbocycles. The van der Waals surface area contributed by atoms with Crippen LogP contribution in [0.4, 0.5) is 0 Å². The van der Waals surface area contributed by atoms with Gasteiger partial charge in [-0.25, -0.2) is 8.42 Å². The minimum Gasteiger partial charge on any atom is -0.355 e. The Morgan fingerprint density at radius 2 is 1.70 bits per heavy atom. The summed E-state index contributed by atoms with van der Waals surface area (Å²) >= 11 is 0. The van der Waals surface area contributed by atoms with Gasteiger partial charge in [-0.1, -0.05) is 26.8 Å². The fourth-order valence-electron chi connectivity index (χ4n) is 3.51. The van der Waals surface area contributed by atoms with Gasteiger partial charge in [0, 0.05) is 51.4 Å². The molecule has 1 saturated heterocycles. The smallest absolute Gasteiger partial charge is 0.254 e. The third-order valence-corrected chi connectivity index (χ3v) is 7.43. The van der Waals surface area contributed by atoms with E-state index in [1.807, 2.05) is 18.7 Å². The van der Waals surface area contributed by atoms with E-state index in [1.54, 1.807) is 30.9 Å². The van der Waals surface area contributed by atoms with E-state index < -0.39 is 10.0 Å². The van der Waals surface area contributed by atoms with Gasteiger partial charge >= 0.3 is 0 Å². The molecule has 8 nitrogen and oxygen atoms in total. The molecule has 0 aromatic heterocycles. The number of nitrogens with one attached hydrogen (secondary N) is 1. The highest BCUT2D eigenvalue weighted by Crippen LogP contribution is 2.21. The SMILES string of the molecule is CCCNC(=O)CN1CCN(C(=O)c2cc(S(=O)(=O)N(CC)CC)ccc2C)CC1. The van der Waals surface area contributed by atoms with E-state index in [0.717, 1.165) is 12.0 Å². The largest absolute Gasteiger partial charge is 0.355 e. The normalized spacial score (nSPS) is 15.4. The number of hydrogen-bond acceptors (Lipinski definition) is 5. The number of hydrogen-bond donors (Lipinski definition) is 1. The van der Waals surface area contributed by atoms with Crippen molar-refractivity contribution in [1.29, 1.82) is 0 Å². The molecule has 1 aliphatic heterocycles. The van der Waals surface area contributed by atoms with Crippen molar-refractivity contribution in [3.63, 3.8) is 0 Å². The summed E-state index contributed by atoms with van der Waals surface area (Å²) in [6, 6.07) is 4.75. The summed E-state index contributed by atoms with van der Waals surface area (Å²) in [5.41, 5.74) is 1.16. The number of sulfonamides is 1. The lowest BCUT2D eigenvalue weighted by atomic mass is 10.1. The number of benzene rings is 1. The van der Waals surface area contributed by atoms with Gasteiger partial charge in [0.15, 0.2) is 0 Å². The van der Waals surface area contributed by atoms with E-state index in [1.165, 1.54) is 10.4 Å². The summed E-state index contributed by atoms with van der Waals surface area (Å²) in [4.78, 5) is 28.9. The number of carbonyl (C=O) groups excluding carboxylic acids is 2. The highest BCUT2D eigenvalue weighted by molar-refractivity contribution is 7.89. The standard InChI is InChI=1S/C21H34N4O4S/c1-5-10-22-20(26)16-23-11-13-24(14-12-23)21(27)19-15-18(9-8-17(19)4)30(28,29)25(6-2)7-3/h8-9,15H,5-7,10-14,16H2,1-4H3,(H,22,26). The van der Waals surface area contributed by atoms with Crippen LogP contribution in [0.3, 0.4) is 0 Å². The van der Waals surface area contributed by atoms with Crippen molar-refractivity contribution in [2.24, 2.45) is 0 Å². The predicted octanol–water partition coefficient (Wildman–Crippen LogP) is 1.31. The van der Waals surface area contributed by atoms with Crippen LogP contribution in [-0.2, 0) is 14.8 Å². The van der Waals surface area contributed by atoms with Crippen LogP contribution in [0.2, 0.25) is 0 Å². The van der Waals surface area contributed by atoms with Crippen LogP contribution in [0.15, 0.2) is 23.1 Å². The van der Waals surface area contributed by atoms with Gasteiger partial charge in [-0.3, -0.25) is 14.5 Å². The van der Waals surface area contributed by atoms with Crippen LogP contribution in [0.5, 0.6) is 0 Å². The maximum Gasteiger partial charge on any atom is 0.254 e. The maximum atomic E-state index is 13.1. The minimum atomic E-state index is -3.62. The van der Waals surface area contributed by atoms with Gasteiger partial charge < -0.3 is 10.2 Å². The first kappa shape index (κ1) is 24.3. The van der Waals surface area contributed by atoms with Gasteiger partial charge in [0.05, 0.1) is 11.4 Å². The molecular weight excluding hydrogens is 404 g/mol. The molecule has 1 N–H and O–H groups in total. The van der Waals surface area contributed by atoms with Gasteiger partial charge in [-0.05, 0) is 31.0 Å². The number of aryl methyl sites for hydroxylation is 1. The molecule has 0 bridgehead atoms. The zero-order valence-electron chi connectivity index (χ0n) is 18.5. The molecule has 0 atom stereocenters. The average molecular weight is 439 g/mol. The number of piperazine rings is 1. The van der Waals surface area contributed by atoms with Gasteiger partial charge in [0.2, 0.25) is 15.9 Å². The Morgan fingerprint density at radius 1 is 1.07 bits per heavy atom. The quantitative estimate of drug-likeness (QED) is 0.628. The second-order valence-corrected chi connectivity index (χ2v) is 9.42. The van der Waals surface area contributed by atoms with Gasteiger partial charge in [0.25, 0.3) is 5.91 Å². The molecule has 168 valence electrons. The Bertz CT molecular complexity index is 845. The van der Waals surface area contributed by atoms with E-state index in [2.05, 4.69) is 5.32 Å². The summed E-state index contributed by atoms with van der Waals surface area (Å²) in [7, 11) is -3.62. The maximum absolute atomic E-state index is 13.1. The van der Waals surface area contributed by atoms with E-state index in [0.29, 0.717) is 57.9 Å². The molecule has 9 heteroatoms. The average Bonchev–Trinajstić information content (AvgIpc) is 2.73. The van der Waals surface area contributed by atoms with Gasteiger partial charge in [0.1, 0.15) is 0 Å². The Morgan fingerprint density at radius 3 is 2.27 bits per heavy atom. The third kappa shape index (κ3) is 5.80. The third-order valence-electron chi connectivity index (χ3n) is 5.38. The van der Waals surface area contributed by atoms with Crippen molar-refractivity contribution < 1.29 is 18.0 Å². The van der Waals surface area contributed by atoms with Crippen molar-refractivity contribution in [1.82, 2.24) is 19.4 Å². The van der Waals surface area contributed by atoms with Crippen molar-refractivity contribution in [3.05, 3.63) is 29.3 Å². The summed E-state index contributed by atoms with van der Waals surface area (Å²) in [5, 5.41) is 2.86. The fraction of sp³-hybridized carbons (Fsp3) is 0.619. The van der Waals surface area contributed by atoms with Crippen molar-refractivity contribution >= 4 is 21.8 Å². The number of nitrogens with zero attached hydrogens (tertiary/aromatic N) is 3. The van der Waals surface area contributed by atoms with Crippen LogP contribution < -0.4 is 5.32 Å². The monoisotopic (exact) mass is 438 g/mol. The van der Waals surface area contributed by atoms with E-state index >= 15 is 0 Å². The summed E-state index contributed by atoms with van der Waals surface area (Å²) < 4.78 is 27.1.